The molecule has 0 fully saturated rings. The van der Waals surface area contributed by atoms with E-state index in [2.05, 4.69) is 15.5 Å². The van der Waals surface area contributed by atoms with Gasteiger partial charge in [-0.25, -0.2) is 0 Å². The van der Waals surface area contributed by atoms with Crippen LogP contribution in [0.15, 0.2) is 42.5 Å². The summed E-state index contributed by atoms with van der Waals surface area (Å²) in [6.45, 7) is 1.91. The summed E-state index contributed by atoms with van der Waals surface area (Å²) in [5.41, 5.74) is 6.71. The van der Waals surface area contributed by atoms with Crippen LogP contribution in [-0.4, -0.2) is 16.1 Å². The van der Waals surface area contributed by atoms with Crippen molar-refractivity contribution in [2.45, 2.75) is 13.0 Å². The number of rotatable bonds is 3. The van der Waals surface area contributed by atoms with Crippen LogP contribution in [0.5, 0.6) is 0 Å². The first-order valence-electron chi connectivity index (χ1n) is 5.62. The maximum Gasteiger partial charge on any atom is 0.272 e. The third-order valence-corrected chi connectivity index (χ3v) is 2.56. The first-order chi connectivity index (χ1) is 8.66. The molecule has 0 spiro atoms. The number of anilines is 1. The van der Waals surface area contributed by atoms with E-state index in [1.165, 1.54) is 0 Å². The lowest BCUT2D eigenvalue weighted by Gasteiger charge is -2.13. The largest absolute Gasteiger partial charge is 0.382 e. The van der Waals surface area contributed by atoms with Gasteiger partial charge in [-0.3, -0.25) is 4.79 Å². The van der Waals surface area contributed by atoms with Gasteiger partial charge in [0.2, 0.25) is 0 Å². The zero-order chi connectivity index (χ0) is 13.0. The van der Waals surface area contributed by atoms with Crippen LogP contribution in [0.1, 0.15) is 29.0 Å². The van der Waals surface area contributed by atoms with Crippen LogP contribution in [0.4, 0.5) is 5.82 Å². The molecule has 1 unspecified atom stereocenters. The lowest BCUT2D eigenvalue weighted by molar-refractivity contribution is 0.0934. The molecule has 18 heavy (non-hydrogen) atoms. The average molecular weight is 242 g/mol. The van der Waals surface area contributed by atoms with Gasteiger partial charge in [-0.05, 0) is 24.6 Å². The Hall–Kier alpha value is -2.43. The fourth-order valence-electron chi connectivity index (χ4n) is 1.56. The van der Waals surface area contributed by atoms with E-state index >= 15 is 0 Å². The van der Waals surface area contributed by atoms with Crippen molar-refractivity contribution < 1.29 is 4.79 Å². The zero-order valence-electron chi connectivity index (χ0n) is 10.00. The molecule has 0 aliphatic carbocycles. The molecule has 2 aromatic rings. The van der Waals surface area contributed by atoms with Gasteiger partial charge in [-0.15, -0.1) is 10.2 Å². The van der Waals surface area contributed by atoms with Crippen molar-refractivity contribution in [1.29, 1.82) is 0 Å². The minimum Gasteiger partial charge on any atom is -0.382 e. The summed E-state index contributed by atoms with van der Waals surface area (Å²) in [7, 11) is 0. The molecule has 92 valence electrons. The van der Waals surface area contributed by atoms with Crippen molar-refractivity contribution in [3.63, 3.8) is 0 Å². The van der Waals surface area contributed by atoms with Gasteiger partial charge >= 0.3 is 0 Å². The van der Waals surface area contributed by atoms with Crippen molar-refractivity contribution in [3.8, 4) is 0 Å². The second-order valence-corrected chi connectivity index (χ2v) is 3.95. The van der Waals surface area contributed by atoms with Crippen LogP contribution in [0.25, 0.3) is 0 Å². The van der Waals surface area contributed by atoms with Crippen LogP contribution in [0, 0.1) is 0 Å². The van der Waals surface area contributed by atoms with Crippen LogP contribution in [0.2, 0.25) is 0 Å². The van der Waals surface area contributed by atoms with Gasteiger partial charge in [0.1, 0.15) is 5.82 Å². The molecule has 3 N–H and O–H groups in total. The Labute approximate surface area is 105 Å². The van der Waals surface area contributed by atoms with E-state index in [-0.39, 0.29) is 17.6 Å². The van der Waals surface area contributed by atoms with Crippen LogP contribution >= 0.6 is 0 Å². The fourth-order valence-corrected chi connectivity index (χ4v) is 1.56. The Morgan fingerprint density at radius 1 is 1.17 bits per heavy atom. The molecule has 0 radical (unpaired) electrons. The number of nitrogens with zero attached hydrogens (tertiary/aromatic N) is 2. The Morgan fingerprint density at radius 2 is 1.89 bits per heavy atom. The molecule has 1 atom stereocenters. The van der Waals surface area contributed by atoms with E-state index in [0.29, 0.717) is 5.82 Å². The summed E-state index contributed by atoms with van der Waals surface area (Å²) < 4.78 is 0. The van der Waals surface area contributed by atoms with Crippen molar-refractivity contribution in [1.82, 2.24) is 15.5 Å². The lowest BCUT2D eigenvalue weighted by Crippen LogP contribution is -2.27. The first kappa shape index (κ1) is 12.0. The number of amides is 1. The second-order valence-electron chi connectivity index (χ2n) is 3.95. The molecule has 1 amide bonds. The maximum absolute atomic E-state index is 11.9. The van der Waals surface area contributed by atoms with Gasteiger partial charge in [-0.2, -0.15) is 0 Å². The molecule has 0 aliphatic heterocycles. The molecule has 1 aromatic carbocycles. The highest BCUT2D eigenvalue weighted by molar-refractivity contribution is 5.92. The monoisotopic (exact) mass is 242 g/mol. The molecule has 0 saturated heterocycles. The molecule has 2 rings (SSSR count). The third kappa shape index (κ3) is 2.82. The molecular weight excluding hydrogens is 228 g/mol. The summed E-state index contributed by atoms with van der Waals surface area (Å²) in [4.78, 5) is 11.9. The average Bonchev–Trinajstić information content (AvgIpc) is 2.40. The summed E-state index contributed by atoms with van der Waals surface area (Å²) >= 11 is 0. The van der Waals surface area contributed by atoms with E-state index in [0.717, 1.165) is 5.56 Å². The number of carbonyl (C=O) groups excluding carboxylic acids is 1. The molecule has 1 aromatic heterocycles. The number of carbonyl (C=O) groups is 1. The predicted octanol–water partition coefficient (Wildman–Crippen LogP) is 1.55. The lowest BCUT2D eigenvalue weighted by atomic mass is 10.1. The Bertz CT molecular complexity index is 524. The van der Waals surface area contributed by atoms with Crippen LogP contribution in [0.3, 0.4) is 0 Å². The molecule has 1 heterocycles. The summed E-state index contributed by atoms with van der Waals surface area (Å²) in [6.07, 6.45) is 0. The van der Waals surface area contributed by atoms with E-state index in [4.69, 9.17) is 5.73 Å². The van der Waals surface area contributed by atoms with E-state index in [1.54, 1.807) is 12.1 Å². The van der Waals surface area contributed by atoms with E-state index in [1.807, 2.05) is 37.3 Å². The van der Waals surface area contributed by atoms with Gasteiger partial charge in [0.15, 0.2) is 5.69 Å². The Kier molecular flexibility index (Phi) is 3.52. The molecule has 0 aliphatic rings. The number of nitrogens with one attached hydrogen (secondary N) is 1. The van der Waals surface area contributed by atoms with Crippen LogP contribution in [-0.2, 0) is 0 Å². The van der Waals surface area contributed by atoms with Crippen molar-refractivity contribution in [3.05, 3.63) is 53.7 Å². The quantitative estimate of drug-likeness (QED) is 0.855. The predicted molar refractivity (Wildman–Crippen MR) is 68.8 cm³/mol. The van der Waals surface area contributed by atoms with Crippen molar-refractivity contribution in [2.75, 3.05) is 5.73 Å². The minimum absolute atomic E-state index is 0.0851. The van der Waals surface area contributed by atoms with Crippen molar-refractivity contribution in [2.24, 2.45) is 0 Å². The van der Waals surface area contributed by atoms with E-state index < -0.39 is 0 Å². The van der Waals surface area contributed by atoms with Crippen molar-refractivity contribution >= 4 is 11.7 Å². The number of benzene rings is 1. The molecule has 5 nitrogen and oxygen atoms in total. The highest BCUT2D eigenvalue weighted by Gasteiger charge is 2.12. The highest BCUT2D eigenvalue weighted by Crippen LogP contribution is 2.11. The van der Waals surface area contributed by atoms with Gasteiger partial charge in [-0.1, -0.05) is 30.3 Å². The number of hydrogen-bond donors (Lipinski definition) is 2. The smallest absolute Gasteiger partial charge is 0.272 e. The van der Waals surface area contributed by atoms with E-state index in [9.17, 15) is 4.79 Å². The Morgan fingerprint density at radius 3 is 2.50 bits per heavy atom. The normalized spacial score (nSPS) is 11.8. The Balaban J connectivity index is 2.06. The van der Waals surface area contributed by atoms with Gasteiger partial charge in [0, 0.05) is 0 Å². The first-order valence-corrected chi connectivity index (χ1v) is 5.62. The highest BCUT2D eigenvalue weighted by atomic mass is 16.2. The minimum atomic E-state index is -0.265. The molecule has 5 heteroatoms. The third-order valence-electron chi connectivity index (χ3n) is 2.56. The standard InChI is InChI=1S/C13H14N4O/c1-9(10-5-3-2-4-6-10)15-13(18)11-7-8-12(14)17-16-11/h2-9H,1H3,(H2,14,17)(H,15,18). The second kappa shape index (κ2) is 5.27. The number of hydrogen-bond acceptors (Lipinski definition) is 4. The maximum atomic E-state index is 11.9. The molecule has 0 bridgehead atoms. The topological polar surface area (TPSA) is 80.9 Å². The molecule has 0 saturated carbocycles. The van der Waals surface area contributed by atoms with Gasteiger partial charge in [0.05, 0.1) is 6.04 Å². The zero-order valence-corrected chi connectivity index (χ0v) is 10.00. The summed E-state index contributed by atoms with van der Waals surface area (Å²) in [6, 6.07) is 12.7. The van der Waals surface area contributed by atoms with Gasteiger partial charge < -0.3 is 11.1 Å². The van der Waals surface area contributed by atoms with Gasteiger partial charge in [0.25, 0.3) is 5.91 Å². The molecular formula is C13H14N4O. The summed E-state index contributed by atoms with van der Waals surface area (Å²) in [5.74, 6) is 0.0292. The summed E-state index contributed by atoms with van der Waals surface area (Å²) in [5, 5.41) is 10.2. The SMILES string of the molecule is CC(NC(=O)c1ccc(N)nn1)c1ccccc1. The number of nitrogens with two attached hydrogens (primary N) is 1. The number of aromatic nitrogens is 2. The number of nitrogen functional groups attached to an aromatic ring is 1. The van der Waals surface area contributed by atoms with Crippen LogP contribution < -0.4 is 11.1 Å². The fraction of sp³-hybridized carbons (Fsp3) is 0.154.